The van der Waals surface area contributed by atoms with E-state index in [1.54, 1.807) is 9.80 Å². The number of hydrogen-bond acceptors (Lipinski definition) is 3. The molecule has 0 atom stereocenters. The highest BCUT2D eigenvalue weighted by atomic mass is 16.3. The Morgan fingerprint density at radius 1 is 1.36 bits per heavy atom. The molecule has 2 amide bonds. The van der Waals surface area contributed by atoms with E-state index < -0.39 is 12.5 Å². The standard InChI is InChI=1S/C16H25N3O3/c1-3-18-8-9-19(12(2)16(18)22)14(17-15(21)11-20)10-13-6-4-5-7-13/h13,20H,2-11H2,1H3. The molecule has 6 heteroatoms. The smallest absolute Gasteiger partial charge is 0.273 e. The van der Waals surface area contributed by atoms with Crippen LogP contribution >= 0.6 is 0 Å². The number of rotatable bonds is 4. The molecular weight excluding hydrogens is 282 g/mol. The minimum Gasteiger partial charge on any atom is -0.386 e. The minimum atomic E-state index is -0.608. The van der Waals surface area contributed by atoms with Crippen molar-refractivity contribution < 1.29 is 14.7 Å². The van der Waals surface area contributed by atoms with Gasteiger partial charge in [0.05, 0.1) is 0 Å². The monoisotopic (exact) mass is 307 g/mol. The molecule has 0 bridgehead atoms. The summed E-state index contributed by atoms with van der Waals surface area (Å²) in [5.41, 5.74) is 0.371. The fourth-order valence-electron chi connectivity index (χ4n) is 3.21. The normalized spacial score (nSPS) is 20.9. The number of aliphatic hydroxyl groups is 1. The molecule has 1 saturated heterocycles. The quantitative estimate of drug-likeness (QED) is 0.480. The number of hydrogen-bond donors (Lipinski definition) is 1. The van der Waals surface area contributed by atoms with Crippen molar-refractivity contribution >= 4 is 17.6 Å². The van der Waals surface area contributed by atoms with Gasteiger partial charge in [0.15, 0.2) is 0 Å². The van der Waals surface area contributed by atoms with Gasteiger partial charge in [-0.05, 0) is 12.8 Å². The van der Waals surface area contributed by atoms with Crippen LogP contribution in [0.2, 0.25) is 0 Å². The summed E-state index contributed by atoms with van der Waals surface area (Å²) >= 11 is 0. The van der Waals surface area contributed by atoms with Crippen LogP contribution in [-0.4, -0.2) is 58.8 Å². The Kier molecular flexibility index (Phi) is 5.71. The molecule has 22 heavy (non-hydrogen) atoms. The van der Waals surface area contributed by atoms with Crippen LogP contribution in [0, 0.1) is 5.92 Å². The summed E-state index contributed by atoms with van der Waals surface area (Å²) in [7, 11) is 0. The van der Waals surface area contributed by atoms with Crippen LogP contribution in [0.25, 0.3) is 0 Å². The summed E-state index contributed by atoms with van der Waals surface area (Å²) in [4.78, 5) is 31.4. The van der Waals surface area contributed by atoms with Crippen LogP contribution in [0.5, 0.6) is 0 Å². The lowest BCUT2D eigenvalue weighted by atomic mass is 10.0. The summed E-state index contributed by atoms with van der Waals surface area (Å²) in [5.74, 6) is 0.410. The number of aliphatic imine (C=N–C) groups is 1. The largest absolute Gasteiger partial charge is 0.386 e. The van der Waals surface area contributed by atoms with Crippen molar-refractivity contribution in [2.45, 2.75) is 39.0 Å². The molecule has 2 rings (SSSR count). The number of carbonyl (C=O) groups excluding carboxylic acids is 2. The fraction of sp³-hybridized carbons (Fsp3) is 0.688. The van der Waals surface area contributed by atoms with E-state index in [4.69, 9.17) is 5.11 Å². The van der Waals surface area contributed by atoms with Gasteiger partial charge in [-0.15, -0.1) is 0 Å². The Morgan fingerprint density at radius 3 is 2.64 bits per heavy atom. The topological polar surface area (TPSA) is 73.2 Å². The Balaban J connectivity index is 2.17. The van der Waals surface area contributed by atoms with Gasteiger partial charge in [0.1, 0.15) is 18.1 Å². The first-order chi connectivity index (χ1) is 10.6. The van der Waals surface area contributed by atoms with Crippen molar-refractivity contribution in [1.82, 2.24) is 9.80 Å². The zero-order valence-electron chi connectivity index (χ0n) is 13.3. The molecule has 1 heterocycles. The molecule has 1 saturated carbocycles. The molecule has 0 unspecified atom stereocenters. The van der Waals surface area contributed by atoms with Gasteiger partial charge in [0.25, 0.3) is 11.8 Å². The van der Waals surface area contributed by atoms with Crippen LogP contribution in [0.15, 0.2) is 17.3 Å². The lowest BCUT2D eigenvalue weighted by Crippen LogP contribution is -2.50. The highest BCUT2D eigenvalue weighted by molar-refractivity contribution is 6.02. The molecule has 1 N–H and O–H groups in total. The molecular formula is C16H25N3O3. The Hall–Kier alpha value is -1.69. The van der Waals surface area contributed by atoms with Crippen molar-refractivity contribution in [2.24, 2.45) is 10.9 Å². The van der Waals surface area contributed by atoms with Gasteiger partial charge in [-0.2, -0.15) is 4.99 Å². The number of aliphatic hydroxyl groups excluding tert-OH is 1. The van der Waals surface area contributed by atoms with E-state index in [9.17, 15) is 9.59 Å². The molecule has 6 nitrogen and oxygen atoms in total. The second-order valence-corrected chi connectivity index (χ2v) is 5.92. The first-order valence-corrected chi connectivity index (χ1v) is 8.03. The highest BCUT2D eigenvalue weighted by Gasteiger charge is 2.31. The van der Waals surface area contributed by atoms with E-state index in [2.05, 4.69) is 11.6 Å². The predicted molar refractivity (Wildman–Crippen MR) is 84.2 cm³/mol. The van der Waals surface area contributed by atoms with Gasteiger partial charge in [-0.25, -0.2) is 0 Å². The Labute approximate surface area is 131 Å². The van der Waals surface area contributed by atoms with E-state index in [0.29, 0.717) is 43.5 Å². The third-order valence-electron chi connectivity index (χ3n) is 4.48. The van der Waals surface area contributed by atoms with Crippen molar-refractivity contribution in [2.75, 3.05) is 26.2 Å². The molecule has 0 spiro atoms. The maximum Gasteiger partial charge on any atom is 0.273 e. The molecule has 0 aromatic carbocycles. The van der Waals surface area contributed by atoms with Gasteiger partial charge in [0, 0.05) is 26.1 Å². The predicted octanol–water partition coefficient (Wildman–Crippen LogP) is 1.16. The zero-order chi connectivity index (χ0) is 16.1. The number of nitrogens with zero attached hydrogens (tertiary/aromatic N) is 3. The Bertz CT molecular complexity index is 481. The second-order valence-electron chi connectivity index (χ2n) is 5.92. The van der Waals surface area contributed by atoms with E-state index in [-0.39, 0.29) is 5.91 Å². The van der Waals surface area contributed by atoms with E-state index in [1.165, 1.54) is 12.8 Å². The molecule has 2 fully saturated rings. The summed E-state index contributed by atoms with van der Waals surface area (Å²) in [6.07, 6.45) is 5.33. The average molecular weight is 307 g/mol. The zero-order valence-corrected chi connectivity index (χ0v) is 13.3. The van der Waals surface area contributed by atoms with Crippen LogP contribution in [0.4, 0.5) is 0 Å². The molecule has 122 valence electrons. The van der Waals surface area contributed by atoms with E-state index >= 15 is 0 Å². The first kappa shape index (κ1) is 16.7. The average Bonchev–Trinajstić information content (AvgIpc) is 3.02. The van der Waals surface area contributed by atoms with Gasteiger partial charge in [0.2, 0.25) is 0 Å². The van der Waals surface area contributed by atoms with Gasteiger partial charge in [-0.1, -0.05) is 32.3 Å². The number of amidine groups is 1. The summed E-state index contributed by atoms with van der Waals surface area (Å²) < 4.78 is 0. The van der Waals surface area contributed by atoms with Crippen LogP contribution in [0.1, 0.15) is 39.0 Å². The molecule has 0 radical (unpaired) electrons. The summed E-state index contributed by atoms with van der Waals surface area (Å²) in [6.45, 7) is 7.06. The SMILES string of the molecule is C=C1C(=O)N(CC)CCN1C(CC1CCCC1)=NC(=O)CO. The lowest BCUT2D eigenvalue weighted by molar-refractivity contribution is -0.130. The van der Waals surface area contributed by atoms with E-state index in [0.717, 1.165) is 12.8 Å². The number of piperazine rings is 1. The highest BCUT2D eigenvalue weighted by Crippen LogP contribution is 2.29. The van der Waals surface area contributed by atoms with Gasteiger partial charge < -0.3 is 14.9 Å². The molecule has 0 aromatic rings. The van der Waals surface area contributed by atoms with Gasteiger partial charge in [-0.3, -0.25) is 9.59 Å². The Morgan fingerprint density at radius 2 is 2.05 bits per heavy atom. The summed E-state index contributed by atoms with van der Waals surface area (Å²) in [5, 5.41) is 8.97. The van der Waals surface area contributed by atoms with Gasteiger partial charge >= 0.3 is 0 Å². The number of carbonyl (C=O) groups is 2. The van der Waals surface area contributed by atoms with Crippen LogP contribution in [-0.2, 0) is 9.59 Å². The molecule has 0 aromatic heterocycles. The number of amides is 2. The molecule has 2 aliphatic rings. The second kappa shape index (κ2) is 7.54. The van der Waals surface area contributed by atoms with Crippen molar-refractivity contribution in [3.63, 3.8) is 0 Å². The summed E-state index contributed by atoms with van der Waals surface area (Å²) in [6, 6.07) is 0. The molecule has 1 aliphatic heterocycles. The fourth-order valence-corrected chi connectivity index (χ4v) is 3.21. The minimum absolute atomic E-state index is 0.107. The maximum absolute atomic E-state index is 12.3. The van der Waals surface area contributed by atoms with Crippen LogP contribution < -0.4 is 0 Å². The third-order valence-corrected chi connectivity index (χ3v) is 4.48. The number of likely N-dealkylation sites (N-methyl/N-ethyl adjacent to an activating group) is 1. The van der Waals surface area contributed by atoms with Crippen LogP contribution in [0.3, 0.4) is 0 Å². The third kappa shape index (κ3) is 3.74. The van der Waals surface area contributed by atoms with Crippen molar-refractivity contribution in [3.05, 3.63) is 12.3 Å². The van der Waals surface area contributed by atoms with E-state index in [1.807, 2.05) is 6.92 Å². The first-order valence-electron chi connectivity index (χ1n) is 8.03. The maximum atomic E-state index is 12.3. The lowest BCUT2D eigenvalue weighted by Gasteiger charge is -2.37. The van der Waals surface area contributed by atoms with Crippen molar-refractivity contribution in [3.8, 4) is 0 Å². The van der Waals surface area contributed by atoms with Crippen molar-refractivity contribution in [1.29, 1.82) is 0 Å². The molecule has 1 aliphatic carbocycles.